The van der Waals surface area contributed by atoms with E-state index in [2.05, 4.69) is 72.8 Å². The van der Waals surface area contributed by atoms with E-state index in [4.69, 9.17) is 0 Å². The molecule has 0 heterocycles. The first-order chi connectivity index (χ1) is 14.0. The molecule has 4 rings (SSSR count). The lowest BCUT2D eigenvalue weighted by molar-refractivity contribution is -0.00863. The fourth-order valence-corrected chi connectivity index (χ4v) is 7.81. The van der Waals surface area contributed by atoms with Crippen LogP contribution >= 0.6 is 0 Å². The van der Waals surface area contributed by atoms with E-state index in [-0.39, 0.29) is 6.10 Å². The summed E-state index contributed by atoms with van der Waals surface area (Å²) < 4.78 is 0. The second-order valence-corrected chi connectivity index (χ2v) is 12.5. The monoisotopic (exact) mass is 410 g/mol. The minimum atomic E-state index is -0.122. The lowest BCUT2D eigenvalue weighted by Crippen LogP contribution is -2.49. The lowest BCUT2D eigenvalue weighted by Gasteiger charge is -2.57. The average Bonchev–Trinajstić information content (AvgIpc) is 2.98. The Morgan fingerprint density at radius 1 is 0.900 bits per heavy atom. The van der Waals surface area contributed by atoms with E-state index < -0.39 is 0 Å². The molecule has 0 spiro atoms. The molecular weight excluding hydrogens is 364 g/mol. The predicted molar refractivity (Wildman–Crippen MR) is 128 cm³/mol. The molecule has 1 N–H and O–H groups in total. The highest BCUT2D eigenvalue weighted by Crippen LogP contribution is 2.70. The van der Waals surface area contributed by atoms with Crippen molar-refractivity contribution >= 4 is 0 Å². The summed E-state index contributed by atoms with van der Waals surface area (Å²) in [6.45, 7) is 17.3. The topological polar surface area (TPSA) is 20.2 Å². The van der Waals surface area contributed by atoms with Crippen molar-refractivity contribution in [1.82, 2.24) is 0 Å². The fraction of sp³-hybridized carbons (Fsp3) is 0.793. The molecule has 0 saturated heterocycles. The molecule has 1 heteroatoms. The van der Waals surface area contributed by atoms with E-state index in [1.165, 1.54) is 31.3 Å². The SMILES string of the molecule is CC(C)C(C)C=CC(C)C1(C)CCC2C3=CC=C4CC(O)CCC4(C)C3CCC21C. The van der Waals surface area contributed by atoms with Gasteiger partial charge in [0, 0.05) is 0 Å². The van der Waals surface area contributed by atoms with Crippen LogP contribution in [0.4, 0.5) is 0 Å². The van der Waals surface area contributed by atoms with Crippen LogP contribution in [0.1, 0.15) is 93.4 Å². The predicted octanol–water partition coefficient (Wildman–Crippen LogP) is 7.72. The number of hydrogen-bond acceptors (Lipinski definition) is 1. The maximum absolute atomic E-state index is 10.2. The maximum Gasteiger partial charge on any atom is 0.0578 e. The number of fused-ring (bicyclic) bond motifs is 5. The van der Waals surface area contributed by atoms with Crippen LogP contribution in [-0.4, -0.2) is 11.2 Å². The molecule has 4 aliphatic carbocycles. The van der Waals surface area contributed by atoms with E-state index in [1.54, 1.807) is 5.57 Å². The molecule has 8 atom stereocenters. The molecule has 0 aromatic heterocycles. The summed E-state index contributed by atoms with van der Waals surface area (Å²) in [5.74, 6) is 3.44. The Bertz CT molecular complexity index is 756. The molecule has 1 nitrogen and oxygen atoms in total. The minimum absolute atomic E-state index is 0.122. The zero-order valence-electron chi connectivity index (χ0n) is 20.7. The largest absolute Gasteiger partial charge is 0.393 e. The van der Waals surface area contributed by atoms with Crippen molar-refractivity contribution in [2.24, 2.45) is 45.8 Å². The molecule has 0 bridgehead atoms. The zero-order chi connectivity index (χ0) is 21.9. The molecule has 168 valence electrons. The van der Waals surface area contributed by atoms with Gasteiger partial charge in [-0.3, -0.25) is 0 Å². The van der Waals surface area contributed by atoms with Crippen molar-refractivity contribution in [3.05, 3.63) is 35.5 Å². The minimum Gasteiger partial charge on any atom is -0.393 e. The van der Waals surface area contributed by atoms with Gasteiger partial charge in [0.2, 0.25) is 0 Å². The van der Waals surface area contributed by atoms with Gasteiger partial charge in [0.25, 0.3) is 0 Å². The Morgan fingerprint density at radius 2 is 1.60 bits per heavy atom. The van der Waals surface area contributed by atoms with Crippen LogP contribution in [0.5, 0.6) is 0 Å². The van der Waals surface area contributed by atoms with Crippen molar-refractivity contribution < 1.29 is 5.11 Å². The van der Waals surface area contributed by atoms with Crippen molar-refractivity contribution in [2.45, 2.75) is 99.5 Å². The Kier molecular flexibility index (Phi) is 5.70. The summed E-state index contributed by atoms with van der Waals surface area (Å²) in [5, 5.41) is 10.2. The molecule has 3 fully saturated rings. The van der Waals surface area contributed by atoms with Gasteiger partial charge in [0.15, 0.2) is 0 Å². The van der Waals surface area contributed by atoms with Gasteiger partial charge < -0.3 is 5.11 Å². The molecule has 0 amide bonds. The number of aliphatic hydroxyl groups excluding tert-OH is 1. The molecule has 0 aromatic rings. The van der Waals surface area contributed by atoms with Gasteiger partial charge in [-0.25, -0.2) is 0 Å². The molecule has 0 aliphatic heterocycles. The van der Waals surface area contributed by atoms with E-state index in [1.807, 2.05) is 0 Å². The van der Waals surface area contributed by atoms with E-state index >= 15 is 0 Å². The third-order valence-electron chi connectivity index (χ3n) is 11.0. The van der Waals surface area contributed by atoms with Crippen molar-refractivity contribution in [3.8, 4) is 0 Å². The van der Waals surface area contributed by atoms with Crippen LogP contribution in [0.2, 0.25) is 0 Å². The Labute approximate surface area is 186 Å². The van der Waals surface area contributed by atoms with Gasteiger partial charge in [-0.05, 0) is 90.8 Å². The first-order valence-corrected chi connectivity index (χ1v) is 12.8. The number of allylic oxidation sites excluding steroid dienone is 5. The maximum atomic E-state index is 10.2. The van der Waals surface area contributed by atoms with Gasteiger partial charge in [-0.15, -0.1) is 0 Å². The molecule has 0 radical (unpaired) electrons. The first-order valence-electron chi connectivity index (χ1n) is 12.8. The van der Waals surface area contributed by atoms with Gasteiger partial charge in [-0.2, -0.15) is 0 Å². The summed E-state index contributed by atoms with van der Waals surface area (Å²) >= 11 is 0. The molecule has 0 aromatic carbocycles. The lowest BCUT2D eigenvalue weighted by atomic mass is 9.47. The van der Waals surface area contributed by atoms with Crippen molar-refractivity contribution in [2.75, 3.05) is 0 Å². The number of aliphatic hydroxyl groups is 1. The van der Waals surface area contributed by atoms with Gasteiger partial charge in [0.05, 0.1) is 6.10 Å². The molecular formula is C29H46O. The van der Waals surface area contributed by atoms with Crippen LogP contribution in [0.25, 0.3) is 0 Å². The van der Waals surface area contributed by atoms with E-state index in [0.717, 1.165) is 25.2 Å². The highest BCUT2D eigenvalue weighted by Gasteiger charge is 2.61. The summed E-state index contributed by atoms with van der Waals surface area (Å²) in [6.07, 6.45) is 18.3. The van der Waals surface area contributed by atoms with Crippen molar-refractivity contribution in [1.29, 1.82) is 0 Å². The number of rotatable bonds is 4. The van der Waals surface area contributed by atoms with Crippen LogP contribution < -0.4 is 0 Å². The molecule has 30 heavy (non-hydrogen) atoms. The summed E-state index contributed by atoms with van der Waals surface area (Å²) in [4.78, 5) is 0. The van der Waals surface area contributed by atoms with Crippen LogP contribution in [-0.2, 0) is 0 Å². The van der Waals surface area contributed by atoms with Gasteiger partial charge in [-0.1, -0.05) is 83.9 Å². The van der Waals surface area contributed by atoms with Gasteiger partial charge >= 0.3 is 0 Å². The van der Waals surface area contributed by atoms with Crippen LogP contribution in [0.15, 0.2) is 35.5 Å². The first kappa shape index (κ1) is 22.4. The second-order valence-electron chi connectivity index (χ2n) is 12.5. The smallest absolute Gasteiger partial charge is 0.0578 e. The van der Waals surface area contributed by atoms with Crippen LogP contribution in [0.3, 0.4) is 0 Å². The summed E-state index contributed by atoms with van der Waals surface area (Å²) in [6, 6.07) is 0. The highest BCUT2D eigenvalue weighted by molar-refractivity contribution is 5.39. The van der Waals surface area contributed by atoms with Crippen molar-refractivity contribution in [3.63, 3.8) is 0 Å². The average molecular weight is 411 g/mol. The van der Waals surface area contributed by atoms with E-state index in [0.29, 0.717) is 39.9 Å². The molecule has 3 saturated carbocycles. The van der Waals surface area contributed by atoms with Gasteiger partial charge in [0.1, 0.15) is 0 Å². The fourth-order valence-electron chi connectivity index (χ4n) is 7.81. The van der Waals surface area contributed by atoms with Crippen LogP contribution in [0, 0.1) is 45.8 Å². The Morgan fingerprint density at radius 3 is 2.30 bits per heavy atom. The Balaban J connectivity index is 1.62. The normalized spacial score (nSPS) is 45.4. The summed E-state index contributed by atoms with van der Waals surface area (Å²) in [7, 11) is 0. The standard InChI is InChI=1S/C29H46O/c1-19(2)20(3)8-9-21(4)28(6)16-14-26-24-11-10-22-18-23(30)12-15-27(22,5)25(24)13-17-29(26,28)7/h8-11,19-21,23,25-26,30H,12-18H2,1-7H3. The second kappa shape index (κ2) is 7.65. The summed E-state index contributed by atoms with van der Waals surface area (Å²) in [5.41, 5.74) is 4.36. The third-order valence-corrected chi connectivity index (χ3v) is 11.0. The Hall–Kier alpha value is -0.820. The number of hydrogen-bond donors (Lipinski definition) is 1. The highest BCUT2D eigenvalue weighted by atomic mass is 16.3. The quantitative estimate of drug-likeness (QED) is 0.470. The third kappa shape index (κ3) is 3.21. The molecule has 4 aliphatic rings. The zero-order valence-corrected chi connectivity index (χ0v) is 20.7. The molecule has 8 unspecified atom stereocenters. The van der Waals surface area contributed by atoms with E-state index in [9.17, 15) is 5.11 Å².